The fourth-order valence-corrected chi connectivity index (χ4v) is 2.33. The highest BCUT2D eigenvalue weighted by molar-refractivity contribution is 6.33. The first-order valence-corrected chi connectivity index (χ1v) is 7.61. The first-order valence-electron chi connectivity index (χ1n) is 7.23. The molecule has 0 spiro atoms. The van der Waals surface area contributed by atoms with Crippen molar-refractivity contribution >= 4 is 23.3 Å². The van der Waals surface area contributed by atoms with Crippen LogP contribution in [-0.2, 0) is 6.54 Å². The van der Waals surface area contributed by atoms with Crippen LogP contribution in [0, 0.1) is 6.92 Å². The third-order valence-corrected chi connectivity index (χ3v) is 3.70. The Morgan fingerprint density at radius 2 is 2.08 bits per heavy atom. The van der Waals surface area contributed by atoms with E-state index in [4.69, 9.17) is 21.8 Å². The van der Waals surface area contributed by atoms with Crippen LogP contribution in [0.2, 0.25) is 5.02 Å². The molecule has 2 heterocycles. The van der Waals surface area contributed by atoms with Gasteiger partial charge in [-0.1, -0.05) is 29.3 Å². The fourth-order valence-electron chi connectivity index (χ4n) is 2.09. The van der Waals surface area contributed by atoms with Crippen molar-refractivity contribution in [1.29, 1.82) is 0 Å². The predicted octanol–water partition coefficient (Wildman–Crippen LogP) is 3.41. The topological polar surface area (TPSA) is 94.0 Å². The number of primary amides is 1. The molecule has 24 heavy (non-hydrogen) atoms. The van der Waals surface area contributed by atoms with Gasteiger partial charge in [-0.15, -0.1) is 0 Å². The number of hydrogen-bond donors (Lipinski definition) is 2. The highest BCUT2D eigenvalue weighted by Crippen LogP contribution is 2.22. The Balaban J connectivity index is 1.69. The van der Waals surface area contributed by atoms with Gasteiger partial charge in [0.2, 0.25) is 11.8 Å². The quantitative estimate of drug-likeness (QED) is 0.741. The van der Waals surface area contributed by atoms with Crippen molar-refractivity contribution in [2.45, 2.75) is 13.5 Å². The molecule has 0 aliphatic carbocycles. The maximum absolute atomic E-state index is 11.1. The molecule has 0 aliphatic heterocycles. The van der Waals surface area contributed by atoms with Crippen LogP contribution in [-0.4, -0.2) is 15.9 Å². The average Bonchev–Trinajstić information content (AvgIpc) is 3.03. The summed E-state index contributed by atoms with van der Waals surface area (Å²) in [6.45, 7) is 2.41. The van der Waals surface area contributed by atoms with Gasteiger partial charge < -0.3 is 15.5 Å². The van der Waals surface area contributed by atoms with Crippen LogP contribution in [0.25, 0.3) is 11.5 Å². The molecular weight excluding hydrogens is 328 g/mol. The number of amides is 1. The van der Waals surface area contributed by atoms with Crippen molar-refractivity contribution in [2.24, 2.45) is 5.73 Å². The van der Waals surface area contributed by atoms with Gasteiger partial charge in [0.15, 0.2) is 0 Å². The molecule has 1 aromatic carbocycles. The second-order valence-corrected chi connectivity index (χ2v) is 5.69. The number of nitrogens with two attached hydrogens (primary N) is 1. The third-order valence-electron chi connectivity index (χ3n) is 3.41. The van der Waals surface area contributed by atoms with Crippen molar-refractivity contribution in [3.63, 3.8) is 0 Å². The van der Waals surface area contributed by atoms with E-state index < -0.39 is 5.91 Å². The number of anilines is 1. The molecule has 0 unspecified atom stereocenters. The molecule has 3 aromatic rings. The van der Waals surface area contributed by atoms with Gasteiger partial charge in [-0.05, 0) is 25.1 Å². The average molecular weight is 343 g/mol. The van der Waals surface area contributed by atoms with Crippen LogP contribution in [0.5, 0.6) is 0 Å². The lowest BCUT2D eigenvalue weighted by Crippen LogP contribution is -2.12. The lowest BCUT2D eigenvalue weighted by molar-refractivity contribution is 0.1000. The van der Waals surface area contributed by atoms with Gasteiger partial charge in [-0.25, -0.2) is 9.97 Å². The van der Waals surface area contributed by atoms with E-state index in [0.717, 1.165) is 5.56 Å². The minimum absolute atomic E-state index is 0.258. The number of carbonyl (C=O) groups is 1. The zero-order valence-corrected chi connectivity index (χ0v) is 13.7. The Morgan fingerprint density at radius 3 is 2.75 bits per heavy atom. The highest BCUT2D eigenvalue weighted by Gasteiger charge is 2.09. The van der Waals surface area contributed by atoms with Crippen molar-refractivity contribution < 1.29 is 9.21 Å². The van der Waals surface area contributed by atoms with Gasteiger partial charge >= 0.3 is 0 Å². The van der Waals surface area contributed by atoms with E-state index in [1.807, 2.05) is 31.2 Å². The van der Waals surface area contributed by atoms with Gasteiger partial charge in [0.05, 0.1) is 22.8 Å². The van der Waals surface area contributed by atoms with Crippen molar-refractivity contribution in [2.75, 3.05) is 5.32 Å². The summed E-state index contributed by atoms with van der Waals surface area (Å²) in [4.78, 5) is 19.6. The fraction of sp³-hybridized carbons (Fsp3) is 0.118. The van der Waals surface area contributed by atoms with Crippen LogP contribution < -0.4 is 11.1 Å². The SMILES string of the molecule is Cc1ccc(-c2nc(CNc3ncc(C(N)=O)cc3Cl)co2)cc1. The smallest absolute Gasteiger partial charge is 0.250 e. The predicted molar refractivity (Wildman–Crippen MR) is 91.8 cm³/mol. The molecule has 1 amide bonds. The second kappa shape index (κ2) is 6.72. The number of aromatic nitrogens is 2. The van der Waals surface area contributed by atoms with Crippen LogP contribution in [0.4, 0.5) is 5.82 Å². The Kier molecular flexibility index (Phi) is 4.48. The zero-order valence-electron chi connectivity index (χ0n) is 12.9. The Labute approximate surface area is 143 Å². The monoisotopic (exact) mass is 342 g/mol. The maximum Gasteiger partial charge on any atom is 0.250 e. The summed E-state index contributed by atoms with van der Waals surface area (Å²) < 4.78 is 5.49. The number of aryl methyl sites for hydroxylation is 1. The number of rotatable bonds is 5. The third kappa shape index (κ3) is 3.55. The molecule has 0 saturated carbocycles. The van der Waals surface area contributed by atoms with E-state index in [-0.39, 0.29) is 5.56 Å². The lowest BCUT2D eigenvalue weighted by atomic mass is 10.1. The molecule has 0 fully saturated rings. The molecule has 0 saturated heterocycles. The molecular formula is C17H15ClN4O2. The van der Waals surface area contributed by atoms with E-state index in [2.05, 4.69) is 15.3 Å². The van der Waals surface area contributed by atoms with E-state index in [9.17, 15) is 4.79 Å². The maximum atomic E-state index is 11.1. The lowest BCUT2D eigenvalue weighted by Gasteiger charge is -2.06. The first-order chi connectivity index (χ1) is 11.5. The van der Waals surface area contributed by atoms with Crippen molar-refractivity contribution in [1.82, 2.24) is 9.97 Å². The van der Waals surface area contributed by atoms with Crippen molar-refractivity contribution in [3.05, 3.63) is 64.6 Å². The van der Waals surface area contributed by atoms with Crippen LogP contribution in [0.3, 0.4) is 0 Å². The number of nitrogens with one attached hydrogen (secondary N) is 1. The van der Waals surface area contributed by atoms with Gasteiger partial charge in [0.1, 0.15) is 12.1 Å². The second-order valence-electron chi connectivity index (χ2n) is 5.28. The Hall–Kier alpha value is -2.86. The zero-order chi connectivity index (χ0) is 17.1. The molecule has 2 aromatic heterocycles. The largest absolute Gasteiger partial charge is 0.444 e. The summed E-state index contributed by atoms with van der Waals surface area (Å²) >= 11 is 6.08. The molecule has 7 heteroatoms. The van der Waals surface area contributed by atoms with Gasteiger partial charge in [-0.3, -0.25) is 4.79 Å². The summed E-state index contributed by atoms with van der Waals surface area (Å²) in [5.41, 5.74) is 8.24. The molecule has 3 N–H and O–H groups in total. The van der Waals surface area contributed by atoms with E-state index in [0.29, 0.717) is 29.0 Å². The number of pyridine rings is 1. The van der Waals surface area contributed by atoms with Gasteiger partial charge in [0, 0.05) is 11.8 Å². The summed E-state index contributed by atoms with van der Waals surface area (Å²) in [7, 11) is 0. The summed E-state index contributed by atoms with van der Waals surface area (Å²) in [6.07, 6.45) is 2.95. The van der Waals surface area contributed by atoms with E-state index >= 15 is 0 Å². The number of carbonyl (C=O) groups excluding carboxylic acids is 1. The molecule has 3 rings (SSSR count). The van der Waals surface area contributed by atoms with Crippen LogP contribution >= 0.6 is 11.6 Å². The normalized spacial score (nSPS) is 10.6. The summed E-state index contributed by atoms with van der Waals surface area (Å²) in [6, 6.07) is 9.39. The van der Waals surface area contributed by atoms with E-state index in [1.54, 1.807) is 6.26 Å². The van der Waals surface area contributed by atoms with Crippen molar-refractivity contribution in [3.8, 4) is 11.5 Å². The van der Waals surface area contributed by atoms with E-state index in [1.165, 1.54) is 17.8 Å². The standard InChI is InChI=1S/C17H15ClN4O2/c1-10-2-4-11(5-3-10)17-22-13(9-24-17)8-21-16-14(18)6-12(7-20-16)15(19)23/h2-7,9H,8H2,1H3,(H2,19,23)(H,20,21). The number of benzene rings is 1. The summed E-state index contributed by atoms with van der Waals surface area (Å²) in [5, 5.41) is 3.37. The minimum atomic E-state index is -0.574. The van der Waals surface area contributed by atoms with Gasteiger partial charge in [-0.2, -0.15) is 0 Å². The molecule has 122 valence electrons. The number of oxazole rings is 1. The first kappa shape index (κ1) is 16.0. The molecule has 0 radical (unpaired) electrons. The van der Waals surface area contributed by atoms with Crippen LogP contribution in [0.15, 0.2) is 47.2 Å². The number of nitrogens with zero attached hydrogens (tertiary/aromatic N) is 2. The molecule has 0 aliphatic rings. The Morgan fingerprint density at radius 1 is 1.33 bits per heavy atom. The number of hydrogen-bond acceptors (Lipinski definition) is 5. The Bertz CT molecular complexity index is 875. The van der Waals surface area contributed by atoms with Crippen LogP contribution in [0.1, 0.15) is 21.6 Å². The highest BCUT2D eigenvalue weighted by atomic mass is 35.5. The van der Waals surface area contributed by atoms with Gasteiger partial charge in [0.25, 0.3) is 0 Å². The molecule has 6 nitrogen and oxygen atoms in total. The summed E-state index contributed by atoms with van der Waals surface area (Å²) in [5.74, 6) is 0.423. The number of halogens is 1. The molecule has 0 atom stereocenters. The molecule has 0 bridgehead atoms. The minimum Gasteiger partial charge on any atom is -0.444 e.